The zero-order valence-corrected chi connectivity index (χ0v) is 14.1. The number of rotatable bonds is 3. The van der Waals surface area contributed by atoms with Crippen LogP contribution in [0, 0.1) is 6.92 Å². The Labute approximate surface area is 140 Å². The van der Waals surface area contributed by atoms with E-state index < -0.39 is 0 Å². The van der Waals surface area contributed by atoms with Crippen molar-refractivity contribution in [1.29, 1.82) is 0 Å². The molecular formula is C16H19ClN2O4. The number of ether oxygens (including phenoxy) is 1. The number of phenols is 2. The first-order valence-electron chi connectivity index (χ1n) is 6.70. The average molecular weight is 339 g/mol. The molecule has 1 aromatic carbocycles. The van der Waals surface area contributed by atoms with E-state index in [4.69, 9.17) is 4.74 Å². The SMILES string of the molecule is COc1cc(C=Cc2cc(C)[n+](C)c(=O)n2C)c(O)cc1O.[Cl-]. The van der Waals surface area contributed by atoms with Crippen molar-refractivity contribution in [3.05, 3.63) is 45.6 Å². The minimum atomic E-state index is -0.132. The zero-order valence-electron chi connectivity index (χ0n) is 13.4. The van der Waals surface area contributed by atoms with Crippen molar-refractivity contribution in [1.82, 2.24) is 4.57 Å². The highest BCUT2D eigenvalue weighted by Gasteiger charge is 2.12. The van der Waals surface area contributed by atoms with Gasteiger partial charge in [0.15, 0.2) is 11.5 Å². The third-order valence-corrected chi connectivity index (χ3v) is 3.61. The summed E-state index contributed by atoms with van der Waals surface area (Å²) in [5, 5.41) is 19.5. The predicted molar refractivity (Wildman–Crippen MR) is 82.8 cm³/mol. The molecule has 1 heterocycles. The third kappa shape index (κ3) is 3.65. The van der Waals surface area contributed by atoms with Crippen LogP contribution < -0.4 is 27.4 Å². The number of nitrogens with zero attached hydrogens (tertiary/aromatic N) is 2. The maximum absolute atomic E-state index is 12.0. The third-order valence-electron chi connectivity index (χ3n) is 3.61. The minimum Gasteiger partial charge on any atom is -1.00 e. The van der Waals surface area contributed by atoms with E-state index in [2.05, 4.69) is 0 Å². The standard InChI is InChI=1S/C16H18N2O4.ClH/c1-10-7-12(18(3)16(21)17(10)2)6-5-11-8-15(22-4)14(20)9-13(11)19;/h5-9H,1-4H3,(H,19,20);1H. The number of hydrogen-bond acceptors (Lipinski definition) is 4. The van der Waals surface area contributed by atoms with Gasteiger partial charge in [0.2, 0.25) is 0 Å². The van der Waals surface area contributed by atoms with Crippen LogP contribution in [0.5, 0.6) is 17.2 Å². The molecule has 0 bridgehead atoms. The van der Waals surface area contributed by atoms with Gasteiger partial charge in [0.1, 0.15) is 17.1 Å². The van der Waals surface area contributed by atoms with Crippen molar-refractivity contribution in [3.63, 3.8) is 0 Å². The van der Waals surface area contributed by atoms with E-state index in [-0.39, 0.29) is 35.3 Å². The normalized spacial score (nSPS) is 10.6. The molecule has 0 saturated carbocycles. The molecule has 0 fully saturated rings. The summed E-state index contributed by atoms with van der Waals surface area (Å²) in [4.78, 5) is 12.0. The Hall–Kier alpha value is -2.47. The molecule has 7 heteroatoms. The lowest BCUT2D eigenvalue weighted by atomic mass is 10.1. The molecule has 124 valence electrons. The molecule has 0 aliphatic heterocycles. The first-order valence-corrected chi connectivity index (χ1v) is 6.70. The predicted octanol–water partition coefficient (Wildman–Crippen LogP) is -1.89. The van der Waals surface area contributed by atoms with Gasteiger partial charge in [-0.25, -0.2) is 0 Å². The van der Waals surface area contributed by atoms with Crippen molar-refractivity contribution in [3.8, 4) is 17.2 Å². The van der Waals surface area contributed by atoms with Crippen molar-refractivity contribution in [2.24, 2.45) is 14.1 Å². The van der Waals surface area contributed by atoms with Crippen molar-refractivity contribution in [2.75, 3.05) is 7.11 Å². The van der Waals surface area contributed by atoms with Gasteiger partial charge in [0.05, 0.1) is 21.2 Å². The number of aromatic nitrogens is 2. The van der Waals surface area contributed by atoms with E-state index in [1.807, 2.05) is 13.0 Å². The van der Waals surface area contributed by atoms with Gasteiger partial charge in [-0.3, -0.25) is 0 Å². The van der Waals surface area contributed by atoms with Crippen LogP contribution in [0.3, 0.4) is 0 Å². The molecule has 0 spiro atoms. The van der Waals surface area contributed by atoms with Crippen LogP contribution in [0.2, 0.25) is 0 Å². The Kier molecular flexibility index (Phi) is 5.81. The average Bonchev–Trinajstić information content (AvgIpc) is 2.49. The Morgan fingerprint density at radius 3 is 2.43 bits per heavy atom. The smallest absolute Gasteiger partial charge is 0.498 e. The monoisotopic (exact) mass is 338 g/mol. The number of phenolic OH excluding ortho intramolecular Hbond substituents is 2. The van der Waals surface area contributed by atoms with Crippen LogP contribution in [-0.2, 0) is 14.1 Å². The van der Waals surface area contributed by atoms with E-state index >= 15 is 0 Å². The van der Waals surface area contributed by atoms with Gasteiger partial charge in [-0.15, -0.1) is 0 Å². The molecule has 0 saturated heterocycles. The summed E-state index contributed by atoms with van der Waals surface area (Å²) < 4.78 is 8.08. The fraction of sp³-hybridized carbons (Fsp3) is 0.250. The quantitative estimate of drug-likeness (QED) is 0.642. The van der Waals surface area contributed by atoms with Crippen LogP contribution in [-0.4, -0.2) is 21.9 Å². The van der Waals surface area contributed by atoms with Crippen LogP contribution in [0.15, 0.2) is 23.0 Å². The summed E-state index contributed by atoms with van der Waals surface area (Å²) in [5.41, 5.74) is 1.88. The Morgan fingerprint density at radius 2 is 1.83 bits per heavy atom. The number of aromatic hydroxyl groups is 2. The van der Waals surface area contributed by atoms with Crippen molar-refractivity contribution in [2.45, 2.75) is 6.92 Å². The van der Waals surface area contributed by atoms with Gasteiger partial charge in [-0.1, -0.05) is 0 Å². The molecule has 23 heavy (non-hydrogen) atoms. The maximum atomic E-state index is 12.0. The molecular weight excluding hydrogens is 320 g/mol. The minimum absolute atomic E-state index is 0. The summed E-state index contributed by atoms with van der Waals surface area (Å²) in [6, 6.07) is 4.61. The van der Waals surface area contributed by atoms with E-state index in [0.29, 0.717) is 11.3 Å². The summed E-state index contributed by atoms with van der Waals surface area (Å²) in [7, 11) is 4.82. The van der Waals surface area contributed by atoms with Gasteiger partial charge in [0, 0.05) is 17.7 Å². The molecule has 0 atom stereocenters. The molecule has 0 aliphatic rings. The molecule has 0 radical (unpaired) electrons. The lowest BCUT2D eigenvalue weighted by molar-refractivity contribution is -0.696. The highest BCUT2D eigenvalue weighted by Crippen LogP contribution is 2.33. The number of hydrogen-bond donors (Lipinski definition) is 2. The lowest BCUT2D eigenvalue weighted by Gasteiger charge is -2.06. The largest absolute Gasteiger partial charge is 1.00 e. The molecule has 2 rings (SSSR count). The Morgan fingerprint density at radius 1 is 1.17 bits per heavy atom. The highest BCUT2D eigenvalue weighted by atomic mass is 35.5. The Balaban J connectivity index is 0.00000264. The molecule has 0 unspecified atom stereocenters. The Bertz CT molecular complexity index is 813. The van der Waals surface area contributed by atoms with Gasteiger partial charge >= 0.3 is 5.69 Å². The molecule has 0 aliphatic carbocycles. The van der Waals surface area contributed by atoms with E-state index in [1.54, 1.807) is 30.8 Å². The number of halogens is 1. The summed E-state index contributed by atoms with van der Waals surface area (Å²) >= 11 is 0. The first-order chi connectivity index (χ1) is 10.3. The molecule has 0 amide bonds. The van der Waals surface area contributed by atoms with E-state index in [9.17, 15) is 15.0 Å². The van der Waals surface area contributed by atoms with Crippen molar-refractivity contribution >= 4 is 12.2 Å². The van der Waals surface area contributed by atoms with Crippen LogP contribution in [0.1, 0.15) is 17.0 Å². The zero-order chi connectivity index (χ0) is 16.4. The number of benzene rings is 1. The lowest BCUT2D eigenvalue weighted by Crippen LogP contribution is -3.00. The van der Waals surface area contributed by atoms with Crippen LogP contribution in [0.25, 0.3) is 12.2 Å². The number of aryl methyl sites for hydroxylation is 1. The van der Waals surface area contributed by atoms with Crippen LogP contribution >= 0.6 is 0 Å². The highest BCUT2D eigenvalue weighted by molar-refractivity contribution is 5.73. The van der Waals surface area contributed by atoms with Gasteiger partial charge < -0.3 is 27.4 Å². The van der Waals surface area contributed by atoms with Crippen LogP contribution in [0.4, 0.5) is 0 Å². The van der Waals surface area contributed by atoms with E-state index in [1.165, 1.54) is 23.8 Å². The molecule has 1 aromatic heterocycles. The van der Waals surface area contributed by atoms with Crippen molar-refractivity contribution < 1.29 is 31.9 Å². The first kappa shape index (κ1) is 18.6. The molecule has 2 aromatic rings. The van der Waals surface area contributed by atoms with Gasteiger partial charge in [0.25, 0.3) is 0 Å². The summed E-state index contributed by atoms with van der Waals surface area (Å²) in [5.74, 6) is 0.0619. The summed E-state index contributed by atoms with van der Waals surface area (Å²) in [6.07, 6.45) is 3.38. The fourth-order valence-corrected chi connectivity index (χ4v) is 2.10. The number of methoxy groups -OCH3 is 1. The van der Waals surface area contributed by atoms with Gasteiger partial charge in [-0.05, 0) is 25.1 Å². The van der Waals surface area contributed by atoms with Gasteiger partial charge in [-0.2, -0.15) is 13.9 Å². The second-order valence-electron chi connectivity index (χ2n) is 5.03. The molecule has 6 nitrogen and oxygen atoms in total. The maximum Gasteiger partial charge on any atom is 0.498 e. The van der Waals surface area contributed by atoms with E-state index in [0.717, 1.165) is 5.69 Å². The fourth-order valence-electron chi connectivity index (χ4n) is 2.10. The second-order valence-corrected chi connectivity index (χ2v) is 5.03. The second kappa shape index (κ2) is 7.19. The molecule has 2 N–H and O–H groups in total. The summed E-state index contributed by atoms with van der Waals surface area (Å²) in [6.45, 7) is 1.85. The topological polar surface area (TPSA) is 75.6 Å².